The Labute approximate surface area is 211 Å². The van der Waals surface area contributed by atoms with Crippen LogP contribution < -0.4 is 0 Å². The monoisotopic (exact) mass is 484 g/mol. The molecule has 0 saturated heterocycles. The number of aromatic nitrogens is 5. The Hall–Kier alpha value is -3.65. The molecular formula is C28H32N6O2. The number of hydrogen-bond acceptors (Lipinski definition) is 7. The van der Waals surface area contributed by atoms with Gasteiger partial charge >= 0.3 is 0 Å². The third-order valence-corrected chi connectivity index (χ3v) is 6.76. The van der Waals surface area contributed by atoms with Gasteiger partial charge in [0.1, 0.15) is 5.78 Å². The minimum atomic E-state index is 0.154. The van der Waals surface area contributed by atoms with Gasteiger partial charge in [-0.15, -0.1) is 0 Å². The quantitative estimate of drug-likeness (QED) is 0.320. The summed E-state index contributed by atoms with van der Waals surface area (Å²) in [7, 11) is 1.94. The van der Waals surface area contributed by atoms with E-state index in [1.54, 1.807) is 19.3 Å². The van der Waals surface area contributed by atoms with E-state index in [1.165, 1.54) is 32.1 Å². The fourth-order valence-corrected chi connectivity index (χ4v) is 5.07. The van der Waals surface area contributed by atoms with Crippen molar-refractivity contribution in [1.29, 1.82) is 0 Å². The van der Waals surface area contributed by atoms with Crippen LogP contribution in [0.1, 0.15) is 44.6 Å². The molecule has 0 amide bonds. The number of rotatable bonds is 9. The minimum absolute atomic E-state index is 0.154. The Morgan fingerprint density at radius 1 is 1.06 bits per heavy atom. The highest BCUT2D eigenvalue weighted by molar-refractivity contribution is 5.78. The van der Waals surface area contributed by atoms with Crippen molar-refractivity contribution in [3.05, 3.63) is 60.6 Å². The third-order valence-electron chi connectivity index (χ3n) is 6.76. The molecule has 3 heterocycles. The van der Waals surface area contributed by atoms with Gasteiger partial charge in [-0.3, -0.25) is 19.4 Å². The van der Waals surface area contributed by atoms with E-state index < -0.39 is 0 Å². The van der Waals surface area contributed by atoms with Crippen LogP contribution in [-0.4, -0.2) is 49.2 Å². The van der Waals surface area contributed by atoms with Crippen molar-refractivity contribution in [3.8, 4) is 34.1 Å². The highest BCUT2D eigenvalue weighted by Gasteiger charge is 2.23. The molecule has 4 aromatic rings. The molecule has 1 aromatic carbocycles. The summed E-state index contributed by atoms with van der Waals surface area (Å²) in [5.41, 5.74) is 4.85. The van der Waals surface area contributed by atoms with E-state index in [4.69, 9.17) is 14.6 Å². The highest BCUT2D eigenvalue weighted by Crippen LogP contribution is 2.34. The first-order valence-electron chi connectivity index (χ1n) is 12.6. The van der Waals surface area contributed by atoms with Crippen LogP contribution in [0.25, 0.3) is 34.1 Å². The van der Waals surface area contributed by atoms with Gasteiger partial charge in [-0.25, -0.2) is 0 Å². The number of carbonyl (C=O) groups excluding carboxylic acids is 1. The van der Waals surface area contributed by atoms with E-state index in [0.717, 1.165) is 34.5 Å². The first kappa shape index (κ1) is 24.1. The molecule has 0 unspecified atom stereocenters. The summed E-state index contributed by atoms with van der Waals surface area (Å²) < 4.78 is 7.83. The molecule has 0 radical (unpaired) electrons. The van der Waals surface area contributed by atoms with Crippen LogP contribution in [0.3, 0.4) is 0 Å². The second-order valence-electron chi connectivity index (χ2n) is 9.82. The first-order chi connectivity index (χ1) is 17.6. The van der Waals surface area contributed by atoms with Crippen LogP contribution in [0.4, 0.5) is 0 Å². The van der Waals surface area contributed by atoms with Crippen molar-refractivity contribution >= 4 is 5.78 Å². The average molecular weight is 485 g/mol. The predicted octanol–water partition coefficient (Wildman–Crippen LogP) is 5.26. The van der Waals surface area contributed by atoms with E-state index in [9.17, 15) is 4.79 Å². The second kappa shape index (κ2) is 11.0. The Kier molecular flexibility index (Phi) is 7.32. The normalized spacial score (nSPS) is 14.4. The van der Waals surface area contributed by atoms with Crippen LogP contribution in [0.5, 0.6) is 0 Å². The van der Waals surface area contributed by atoms with Crippen molar-refractivity contribution in [1.82, 2.24) is 29.8 Å². The van der Waals surface area contributed by atoms with Crippen molar-refractivity contribution in [2.24, 2.45) is 5.92 Å². The molecule has 0 aliphatic heterocycles. The lowest BCUT2D eigenvalue weighted by atomic mass is 9.89. The molecule has 0 bridgehead atoms. The van der Waals surface area contributed by atoms with Gasteiger partial charge in [0.25, 0.3) is 5.89 Å². The molecular weight excluding hydrogens is 452 g/mol. The number of hydrogen-bond donors (Lipinski definition) is 0. The number of pyridine rings is 1. The summed E-state index contributed by atoms with van der Waals surface area (Å²) in [6.07, 6.45) is 11.8. The van der Waals surface area contributed by atoms with Gasteiger partial charge in [0.2, 0.25) is 5.82 Å². The summed E-state index contributed by atoms with van der Waals surface area (Å²) in [6, 6.07) is 12.0. The first-order valence-corrected chi connectivity index (χ1v) is 12.6. The molecule has 36 heavy (non-hydrogen) atoms. The standard InChI is InChI=1S/C28H32N6O2/c1-20(35)17-33(2)18-22-8-10-24(11-9-22)27-31-28(36-32-27)25-16-30-34(19-21-6-4-3-5-7-21)26(25)23-12-14-29-15-13-23/h8-16,21H,3-7,17-19H2,1-2H3. The van der Waals surface area contributed by atoms with Crippen molar-refractivity contribution < 1.29 is 9.32 Å². The maximum atomic E-state index is 11.3. The lowest BCUT2D eigenvalue weighted by molar-refractivity contribution is -0.117. The Balaban J connectivity index is 1.39. The van der Waals surface area contributed by atoms with Crippen molar-refractivity contribution in [2.75, 3.05) is 13.6 Å². The predicted molar refractivity (Wildman–Crippen MR) is 138 cm³/mol. The van der Waals surface area contributed by atoms with Gasteiger partial charge in [0, 0.05) is 36.6 Å². The van der Waals surface area contributed by atoms with Gasteiger partial charge in [-0.2, -0.15) is 10.1 Å². The molecule has 0 N–H and O–H groups in total. The minimum Gasteiger partial charge on any atom is -0.333 e. The van der Waals surface area contributed by atoms with Gasteiger partial charge in [0.15, 0.2) is 0 Å². The lowest BCUT2D eigenvalue weighted by Crippen LogP contribution is -2.23. The molecule has 1 aliphatic carbocycles. The second-order valence-corrected chi connectivity index (χ2v) is 9.82. The third kappa shape index (κ3) is 5.60. The van der Waals surface area contributed by atoms with Gasteiger partial charge in [0.05, 0.1) is 24.0 Å². The number of carbonyl (C=O) groups is 1. The van der Waals surface area contributed by atoms with Crippen molar-refractivity contribution in [3.63, 3.8) is 0 Å². The summed E-state index contributed by atoms with van der Waals surface area (Å²) in [5.74, 6) is 1.78. The molecule has 1 saturated carbocycles. The van der Waals surface area contributed by atoms with Gasteiger partial charge in [-0.1, -0.05) is 48.7 Å². The van der Waals surface area contributed by atoms with E-state index in [2.05, 4.69) is 14.8 Å². The van der Waals surface area contributed by atoms with E-state index >= 15 is 0 Å². The van der Waals surface area contributed by atoms with E-state index in [1.807, 2.05) is 54.5 Å². The summed E-state index contributed by atoms with van der Waals surface area (Å²) in [4.78, 5) is 22.2. The zero-order chi connectivity index (χ0) is 24.9. The topological polar surface area (TPSA) is 89.9 Å². The number of Topliss-reactive ketones (excluding diaryl/α,β-unsaturated/α-hetero) is 1. The zero-order valence-electron chi connectivity index (χ0n) is 20.9. The largest absolute Gasteiger partial charge is 0.333 e. The molecule has 1 aliphatic rings. The fourth-order valence-electron chi connectivity index (χ4n) is 5.07. The molecule has 0 spiro atoms. The van der Waals surface area contributed by atoms with Crippen LogP contribution in [0.2, 0.25) is 0 Å². The Morgan fingerprint density at radius 2 is 1.81 bits per heavy atom. The molecule has 5 rings (SSSR count). The SMILES string of the molecule is CC(=O)CN(C)Cc1ccc(-c2noc(-c3cnn(CC4CCCCC4)c3-c3ccncc3)n2)cc1. The Morgan fingerprint density at radius 3 is 2.53 bits per heavy atom. The molecule has 3 aromatic heterocycles. The molecule has 8 nitrogen and oxygen atoms in total. The maximum absolute atomic E-state index is 11.3. The van der Waals surface area contributed by atoms with Crippen LogP contribution in [-0.2, 0) is 17.9 Å². The summed E-state index contributed by atoms with van der Waals surface area (Å²) in [5, 5.41) is 9.01. The smallest absolute Gasteiger partial charge is 0.262 e. The molecule has 186 valence electrons. The fraction of sp³-hybridized carbons (Fsp3) is 0.393. The van der Waals surface area contributed by atoms with Crippen LogP contribution in [0.15, 0.2) is 59.5 Å². The van der Waals surface area contributed by atoms with Crippen LogP contribution in [0, 0.1) is 5.92 Å². The average Bonchev–Trinajstić information content (AvgIpc) is 3.53. The zero-order valence-corrected chi connectivity index (χ0v) is 20.9. The molecule has 0 atom stereocenters. The van der Waals surface area contributed by atoms with Gasteiger partial charge < -0.3 is 4.52 Å². The molecule has 1 fully saturated rings. The Bertz CT molecular complexity index is 1290. The lowest BCUT2D eigenvalue weighted by Gasteiger charge is -2.22. The molecule has 8 heteroatoms. The number of likely N-dealkylation sites (N-methyl/N-ethyl adjacent to an activating group) is 1. The number of nitrogens with zero attached hydrogens (tertiary/aromatic N) is 6. The summed E-state index contributed by atoms with van der Waals surface area (Å²) >= 11 is 0. The van der Waals surface area contributed by atoms with E-state index in [0.29, 0.717) is 30.7 Å². The number of ketones is 1. The summed E-state index contributed by atoms with van der Waals surface area (Å²) in [6.45, 7) is 3.63. The number of benzene rings is 1. The van der Waals surface area contributed by atoms with Crippen LogP contribution >= 0.6 is 0 Å². The van der Waals surface area contributed by atoms with Gasteiger partial charge in [-0.05, 0) is 50.4 Å². The highest BCUT2D eigenvalue weighted by atomic mass is 16.5. The maximum Gasteiger partial charge on any atom is 0.262 e. The van der Waals surface area contributed by atoms with Crippen molar-refractivity contribution in [2.45, 2.75) is 52.1 Å². The van der Waals surface area contributed by atoms with E-state index in [-0.39, 0.29) is 5.78 Å².